The third-order valence-corrected chi connectivity index (χ3v) is 1.19. The molecular formula is C6H12NO. The highest BCUT2D eigenvalue weighted by Gasteiger charge is 1.94. The van der Waals surface area contributed by atoms with E-state index in [0.29, 0.717) is 0 Å². The lowest BCUT2D eigenvalue weighted by Gasteiger charge is -2.09. The predicted octanol–water partition coefficient (Wildman–Crippen LogP) is 0.548. The first kappa shape index (κ1) is 6.05. The van der Waals surface area contributed by atoms with Gasteiger partial charge in [0.2, 0.25) is 0 Å². The molecule has 0 saturated carbocycles. The summed E-state index contributed by atoms with van der Waals surface area (Å²) in [4.78, 5) is 0. The lowest BCUT2D eigenvalue weighted by atomic mass is 10.2. The zero-order valence-corrected chi connectivity index (χ0v) is 5.02. The molecule has 1 radical (unpaired) electrons. The summed E-state index contributed by atoms with van der Waals surface area (Å²) >= 11 is 0. The first-order valence-electron chi connectivity index (χ1n) is 3.10. The Hall–Kier alpha value is -0.0800. The van der Waals surface area contributed by atoms with E-state index >= 15 is 0 Å². The van der Waals surface area contributed by atoms with Crippen molar-refractivity contribution in [1.29, 1.82) is 0 Å². The second-order valence-electron chi connectivity index (χ2n) is 1.94. The van der Waals surface area contributed by atoms with Crippen LogP contribution in [0, 0.1) is 6.42 Å². The molecule has 0 aliphatic carbocycles. The Balaban J connectivity index is 2.00. The Morgan fingerprint density at radius 3 is 3.50 bits per heavy atom. The van der Waals surface area contributed by atoms with Gasteiger partial charge in [-0.1, -0.05) is 0 Å². The fraction of sp³-hybridized carbons (Fsp3) is 0.833. The van der Waals surface area contributed by atoms with Crippen LogP contribution < -0.4 is 5.32 Å². The standard InChI is InChI=1S/C6H12NO/c1-2-4-7-6-8-5-3-1/h2,7H,1,3-6H2. The van der Waals surface area contributed by atoms with Crippen molar-refractivity contribution < 1.29 is 4.74 Å². The van der Waals surface area contributed by atoms with Crippen molar-refractivity contribution in [2.75, 3.05) is 19.9 Å². The van der Waals surface area contributed by atoms with Crippen LogP contribution in [0.5, 0.6) is 0 Å². The Morgan fingerprint density at radius 1 is 1.50 bits per heavy atom. The van der Waals surface area contributed by atoms with Crippen LogP contribution in [0.1, 0.15) is 12.8 Å². The molecule has 1 saturated heterocycles. The monoisotopic (exact) mass is 114 g/mol. The SMILES string of the molecule is [CH]1CCCOCNC1. The molecule has 0 bridgehead atoms. The van der Waals surface area contributed by atoms with Crippen LogP contribution in [-0.4, -0.2) is 19.9 Å². The second kappa shape index (κ2) is 3.87. The van der Waals surface area contributed by atoms with Gasteiger partial charge < -0.3 is 4.74 Å². The molecule has 1 rings (SSSR count). The minimum absolute atomic E-state index is 0.719. The van der Waals surface area contributed by atoms with Gasteiger partial charge in [-0.3, -0.25) is 5.32 Å². The van der Waals surface area contributed by atoms with Crippen LogP contribution in [0.15, 0.2) is 0 Å². The number of hydrogen-bond acceptors (Lipinski definition) is 2. The van der Waals surface area contributed by atoms with Gasteiger partial charge in [0.25, 0.3) is 0 Å². The van der Waals surface area contributed by atoms with Crippen LogP contribution in [0.3, 0.4) is 0 Å². The maximum atomic E-state index is 5.14. The van der Waals surface area contributed by atoms with Crippen LogP contribution in [0.4, 0.5) is 0 Å². The third kappa shape index (κ3) is 2.28. The van der Waals surface area contributed by atoms with Crippen LogP contribution in [-0.2, 0) is 4.74 Å². The zero-order chi connectivity index (χ0) is 5.66. The van der Waals surface area contributed by atoms with E-state index in [1.54, 1.807) is 0 Å². The molecule has 1 heterocycles. The van der Waals surface area contributed by atoms with Crippen molar-refractivity contribution in [1.82, 2.24) is 5.32 Å². The maximum absolute atomic E-state index is 5.14. The van der Waals surface area contributed by atoms with E-state index in [9.17, 15) is 0 Å². The van der Waals surface area contributed by atoms with Crippen LogP contribution in [0.2, 0.25) is 0 Å². The summed E-state index contributed by atoms with van der Waals surface area (Å²) in [5.41, 5.74) is 0. The lowest BCUT2D eigenvalue weighted by molar-refractivity contribution is 0.110. The van der Waals surface area contributed by atoms with E-state index in [0.717, 1.165) is 19.9 Å². The second-order valence-corrected chi connectivity index (χ2v) is 1.94. The first-order valence-corrected chi connectivity index (χ1v) is 3.10. The van der Waals surface area contributed by atoms with Crippen LogP contribution >= 0.6 is 0 Å². The van der Waals surface area contributed by atoms with Gasteiger partial charge in [-0.05, 0) is 19.3 Å². The van der Waals surface area contributed by atoms with Gasteiger partial charge in [-0.25, -0.2) is 0 Å². The number of ether oxygens (including phenoxy) is 1. The highest BCUT2D eigenvalue weighted by molar-refractivity contribution is 4.67. The Morgan fingerprint density at radius 2 is 2.50 bits per heavy atom. The molecule has 0 spiro atoms. The van der Waals surface area contributed by atoms with Crippen molar-refractivity contribution in [3.05, 3.63) is 6.42 Å². The largest absolute Gasteiger partial charge is 0.366 e. The molecule has 1 N–H and O–H groups in total. The molecule has 0 aromatic carbocycles. The van der Waals surface area contributed by atoms with Gasteiger partial charge in [0.05, 0.1) is 6.73 Å². The van der Waals surface area contributed by atoms with Crippen molar-refractivity contribution >= 4 is 0 Å². The van der Waals surface area contributed by atoms with E-state index < -0.39 is 0 Å². The van der Waals surface area contributed by atoms with Crippen molar-refractivity contribution in [2.24, 2.45) is 0 Å². The number of nitrogens with one attached hydrogen (secondary N) is 1. The van der Waals surface area contributed by atoms with E-state index in [2.05, 4.69) is 11.7 Å². The minimum atomic E-state index is 0.719. The average molecular weight is 114 g/mol. The summed E-state index contributed by atoms with van der Waals surface area (Å²) in [5.74, 6) is 0. The molecule has 1 fully saturated rings. The van der Waals surface area contributed by atoms with E-state index in [-0.39, 0.29) is 0 Å². The Bertz CT molecular complexity index is 32.5. The molecule has 0 aromatic heterocycles. The van der Waals surface area contributed by atoms with E-state index in [1.165, 1.54) is 12.8 Å². The van der Waals surface area contributed by atoms with Crippen molar-refractivity contribution in [3.63, 3.8) is 0 Å². The van der Waals surface area contributed by atoms with Gasteiger partial charge in [0.15, 0.2) is 0 Å². The Labute approximate surface area is 50.2 Å². The summed E-state index contributed by atoms with van der Waals surface area (Å²) in [6.07, 6.45) is 4.62. The fourth-order valence-corrected chi connectivity index (χ4v) is 0.737. The predicted molar refractivity (Wildman–Crippen MR) is 32.4 cm³/mol. The summed E-state index contributed by atoms with van der Waals surface area (Å²) in [6, 6.07) is 0. The maximum Gasteiger partial charge on any atom is 0.0965 e. The molecule has 2 nitrogen and oxygen atoms in total. The molecule has 0 amide bonds. The topological polar surface area (TPSA) is 21.3 Å². The Kier molecular flexibility index (Phi) is 2.92. The summed E-state index contributed by atoms with van der Waals surface area (Å²) < 4.78 is 5.14. The number of hydrogen-bond donors (Lipinski definition) is 1. The summed E-state index contributed by atoms with van der Waals surface area (Å²) in [6.45, 7) is 2.62. The van der Waals surface area contributed by atoms with Crippen molar-refractivity contribution in [3.8, 4) is 0 Å². The molecule has 0 aromatic rings. The molecule has 0 atom stereocenters. The first-order chi connectivity index (χ1) is 4.00. The van der Waals surface area contributed by atoms with E-state index in [4.69, 9.17) is 4.74 Å². The van der Waals surface area contributed by atoms with E-state index in [1.807, 2.05) is 0 Å². The van der Waals surface area contributed by atoms with Gasteiger partial charge >= 0.3 is 0 Å². The molecule has 47 valence electrons. The molecule has 1 aliphatic rings. The zero-order valence-electron chi connectivity index (χ0n) is 5.02. The fourth-order valence-electron chi connectivity index (χ4n) is 0.737. The third-order valence-electron chi connectivity index (χ3n) is 1.19. The number of rotatable bonds is 0. The summed E-state index contributed by atoms with van der Waals surface area (Å²) in [7, 11) is 0. The van der Waals surface area contributed by atoms with Gasteiger partial charge in [-0.15, -0.1) is 0 Å². The van der Waals surface area contributed by atoms with Gasteiger partial charge in [0.1, 0.15) is 0 Å². The molecule has 0 unspecified atom stereocenters. The lowest BCUT2D eigenvalue weighted by Crippen LogP contribution is -2.22. The summed E-state index contributed by atoms with van der Waals surface area (Å²) in [5, 5.41) is 3.11. The van der Waals surface area contributed by atoms with Gasteiger partial charge in [-0.2, -0.15) is 0 Å². The minimum Gasteiger partial charge on any atom is -0.366 e. The highest BCUT2D eigenvalue weighted by Crippen LogP contribution is 1.95. The van der Waals surface area contributed by atoms with Crippen LogP contribution in [0.25, 0.3) is 0 Å². The van der Waals surface area contributed by atoms with Crippen molar-refractivity contribution in [2.45, 2.75) is 12.8 Å². The quantitative estimate of drug-likeness (QED) is 0.496. The average Bonchev–Trinajstić information content (AvgIpc) is 1.62. The smallest absolute Gasteiger partial charge is 0.0965 e. The molecule has 8 heavy (non-hydrogen) atoms. The molecule has 1 aliphatic heterocycles. The molecular weight excluding hydrogens is 102 g/mol. The molecule has 2 heteroatoms. The normalized spacial score (nSPS) is 24.0. The van der Waals surface area contributed by atoms with Gasteiger partial charge in [0, 0.05) is 13.2 Å². The highest BCUT2D eigenvalue weighted by atomic mass is 16.5.